The van der Waals surface area contributed by atoms with Crippen LogP contribution in [-0.2, 0) is 22.6 Å². The number of amides is 3. The Bertz CT molecular complexity index is 1520. The Morgan fingerprint density at radius 2 is 1.63 bits per heavy atom. The van der Waals surface area contributed by atoms with Crippen molar-refractivity contribution in [2.24, 2.45) is 0 Å². The molecule has 0 saturated carbocycles. The van der Waals surface area contributed by atoms with E-state index >= 15 is 0 Å². The number of likely N-dealkylation sites (tertiary alicyclic amines) is 2. The fraction of sp³-hybridized carbons (Fsp3) is 0.433. The zero-order valence-corrected chi connectivity index (χ0v) is 22.9. The lowest BCUT2D eigenvalue weighted by molar-refractivity contribution is -0.133. The van der Waals surface area contributed by atoms with Gasteiger partial charge in [-0.1, -0.05) is 12.1 Å². The molecule has 3 amide bonds. The van der Waals surface area contributed by atoms with Crippen molar-refractivity contribution >= 4 is 28.8 Å². The normalized spacial score (nSPS) is 15.6. The van der Waals surface area contributed by atoms with E-state index in [4.69, 9.17) is 0 Å². The smallest absolute Gasteiger partial charge is 0.267 e. The number of hydrogen-bond donors (Lipinski definition) is 2. The number of hydrogen-bond acceptors (Lipinski definition) is 6. The fourth-order valence-electron chi connectivity index (χ4n) is 5.53. The molecule has 0 radical (unpaired) electrons. The second-order valence-electron chi connectivity index (χ2n) is 10.6. The predicted octanol–water partition coefficient (Wildman–Crippen LogP) is 2.59. The highest BCUT2D eigenvalue weighted by Crippen LogP contribution is 2.26. The van der Waals surface area contributed by atoms with E-state index in [9.17, 15) is 28.7 Å². The summed E-state index contributed by atoms with van der Waals surface area (Å²) < 4.78 is 14.8. The molecule has 2 aromatic heterocycles. The maximum absolute atomic E-state index is 13.7. The van der Waals surface area contributed by atoms with Gasteiger partial charge in [-0.25, -0.2) is 4.39 Å². The van der Waals surface area contributed by atoms with Gasteiger partial charge in [-0.05, 0) is 61.4 Å². The molecule has 216 valence electrons. The van der Waals surface area contributed by atoms with Gasteiger partial charge >= 0.3 is 0 Å². The summed E-state index contributed by atoms with van der Waals surface area (Å²) in [6, 6.07) is 7.81. The molecule has 2 fully saturated rings. The highest BCUT2D eigenvalue weighted by atomic mass is 19.1. The maximum Gasteiger partial charge on any atom is 0.267 e. The molecule has 41 heavy (non-hydrogen) atoms. The Morgan fingerprint density at radius 3 is 2.37 bits per heavy atom. The van der Waals surface area contributed by atoms with E-state index in [0.29, 0.717) is 50.8 Å². The summed E-state index contributed by atoms with van der Waals surface area (Å²) in [5.74, 6) is -1.44. The molecule has 0 unspecified atom stereocenters. The van der Waals surface area contributed by atoms with Crippen LogP contribution in [0, 0.1) is 5.82 Å². The van der Waals surface area contributed by atoms with Crippen molar-refractivity contribution < 1.29 is 23.9 Å². The first-order chi connectivity index (χ1) is 19.8. The molecule has 0 bridgehead atoms. The van der Waals surface area contributed by atoms with E-state index in [1.165, 1.54) is 16.7 Å². The Morgan fingerprint density at radius 1 is 0.927 bits per heavy atom. The summed E-state index contributed by atoms with van der Waals surface area (Å²) in [6.45, 7) is 2.45. The molecule has 2 aliphatic heterocycles. The van der Waals surface area contributed by atoms with Gasteiger partial charge < -0.3 is 24.8 Å². The van der Waals surface area contributed by atoms with Gasteiger partial charge in [0.2, 0.25) is 11.8 Å². The fourth-order valence-corrected chi connectivity index (χ4v) is 5.53. The molecular formula is C30H34FN5O5. The number of carbonyl (C=O) groups excluding carboxylic acids is 3. The summed E-state index contributed by atoms with van der Waals surface area (Å²) >= 11 is 0. The van der Waals surface area contributed by atoms with E-state index in [-0.39, 0.29) is 42.8 Å². The number of nitrogens with one attached hydrogen (secondary N) is 1. The molecule has 2 saturated heterocycles. The number of carbonyl (C=O) groups is 3. The van der Waals surface area contributed by atoms with E-state index < -0.39 is 22.8 Å². The van der Waals surface area contributed by atoms with Crippen LogP contribution >= 0.6 is 0 Å². The highest BCUT2D eigenvalue weighted by Gasteiger charge is 2.25. The zero-order chi connectivity index (χ0) is 28.9. The van der Waals surface area contributed by atoms with Crippen molar-refractivity contribution in [3.63, 3.8) is 0 Å². The first-order valence-electron chi connectivity index (χ1n) is 14.1. The SMILES string of the molecule is O=C(NCCCN1CCCC1=O)c1c(O)c2ncc(Cc3ccc(F)cc3)cc2n(CCN2CCCCC2=O)c1=O. The van der Waals surface area contributed by atoms with Crippen LogP contribution in [0.1, 0.15) is 60.0 Å². The Hall–Kier alpha value is -4.28. The first-order valence-corrected chi connectivity index (χ1v) is 14.1. The van der Waals surface area contributed by atoms with E-state index in [0.717, 1.165) is 30.4 Å². The van der Waals surface area contributed by atoms with Gasteiger partial charge in [0, 0.05) is 58.3 Å². The molecular weight excluding hydrogens is 529 g/mol. The van der Waals surface area contributed by atoms with Gasteiger partial charge in [-0.3, -0.25) is 24.2 Å². The zero-order valence-electron chi connectivity index (χ0n) is 22.9. The summed E-state index contributed by atoms with van der Waals surface area (Å²) in [5, 5.41) is 13.8. The molecule has 11 heteroatoms. The first kappa shape index (κ1) is 28.3. The van der Waals surface area contributed by atoms with Crippen LogP contribution in [0.15, 0.2) is 41.3 Å². The molecule has 0 atom stereocenters. The monoisotopic (exact) mass is 563 g/mol. The quantitative estimate of drug-likeness (QED) is 0.366. The predicted molar refractivity (Wildman–Crippen MR) is 150 cm³/mol. The number of fused-ring (bicyclic) bond motifs is 1. The van der Waals surface area contributed by atoms with Gasteiger partial charge in [-0.2, -0.15) is 0 Å². The number of rotatable bonds is 10. The summed E-state index contributed by atoms with van der Waals surface area (Å²) in [7, 11) is 0. The van der Waals surface area contributed by atoms with Crippen molar-refractivity contribution in [3.05, 3.63) is 69.4 Å². The number of nitrogens with zero attached hydrogens (tertiary/aromatic N) is 4. The number of pyridine rings is 2. The van der Waals surface area contributed by atoms with E-state index in [2.05, 4.69) is 10.3 Å². The Balaban J connectivity index is 1.42. The topological polar surface area (TPSA) is 125 Å². The number of aromatic hydroxyl groups is 1. The van der Waals surface area contributed by atoms with Crippen LogP contribution in [-0.4, -0.2) is 74.9 Å². The number of benzene rings is 1. The van der Waals surface area contributed by atoms with Crippen molar-refractivity contribution in [1.29, 1.82) is 0 Å². The maximum atomic E-state index is 13.7. The molecule has 4 heterocycles. The molecule has 3 aromatic rings. The molecule has 10 nitrogen and oxygen atoms in total. The van der Waals surface area contributed by atoms with Crippen LogP contribution in [0.3, 0.4) is 0 Å². The lowest BCUT2D eigenvalue weighted by atomic mass is 10.1. The lowest BCUT2D eigenvalue weighted by Gasteiger charge is -2.27. The summed E-state index contributed by atoms with van der Waals surface area (Å²) in [5.41, 5.74) is 0.951. The van der Waals surface area contributed by atoms with E-state index in [1.54, 1.807) is 34.2 Å². The Kier molecular flexibility index (Phi) is 8.61. The van der Waals surface area contributed by atoms with Gasteiger partial charge in [0.1, 0.15) is 16.9 Å². The molecule has 2 N–H and O–H groups in total. The molecule has 5 rings (SSSR count). The summed E-state index contributed by atoms with van der Waals surface area (Å²) in [4.78, 5) is 59.0. The Labute approximate surface area is 236 Å². The minimum Gasteiger partial charge on any atom is -0.505 e. The molecule has 2 aliphatic rings. The molecule has 0 aliphatic carbocycles. The van der Waals surface area contributed by atoms with Crippen molar-refractivity contribution in [2.45, 2.75) is 51.5 Å². The lowest BCUT2D eigenvalue weighted by Crippen LogP contribution is -2.40. The largest absolute Gasteiger partial charge is 0.505 e. The third-order valence-electron chi connectivity index (χ3n) is 7.76. The third kappa shape index (κ3) is 6.39. The second kappa shape index (κ2) is 12.5. The van der Waals surface area contributed by atoms with Crippen LogP contribution in [0.5, 0.6) is 5.75 Å². The number of aromatic nitrogens is 2. The van der Waals surface area contributed by atoms with Gasteiger partial charge in [-0.15, -0.1) is 0 Å². The third-order valence-corrected chi connectivity index (χ3v) is 7.76. The minimum atomic E-state index is -0.720. The van der Waals surface area contributed by atoms with E-state index in [1.807, 2.05) is 0 Å². The van der Waals surface area contributed by atoms with Gasteiger partial charge in [0.25, 0.3) is 11.5 Å². The number of halogens is 1. The average molecular weight is 564 g/mol. The average Bonchev–Trinajstić information content (AvgIpc) is 3.37. The van der Waals surface area contributed by atoms with Crippen LogP contribution in [0.2, 0.25) is 0 Å². The van der Waals surface area contributed by atoms with Gasteiger partial charge in [0.15, 0.2) is 5.75 Å². The molecule has 1 aromatic carbocycles. The van der Waals surface area contributed by atoms with Crippen molar-refractivity contribution in [2.75, 3.05) is 32.7 Å². The van der Waals surface area contributed by atoms with Crippen LogP contribution in [0.25, 0.3) is 11.0 Å². The second-order valence-corrected chi connectivity index (χ2v) is 10.6. The van der Waals surface area contributed by atoms with Crippen molar-refractivity contribution in [1.82, 2.24) is 24.7 Å². The van der Waals surface area contributed by atoms with Crippen LogP contribution < -0.4 is 10.9 Å². The summed E-state index contributed by atoms with van der Waals surface area (Å²) in [6.07, 6.45) is 6.05. The standard InChI is InChI=1S/C30H34FN5O5/c31-22-9-7-20(8-10-22)17-21-18-23-27(33-19-21)28(39)26(29(40)32-11-4-14-34-13-3-6-25(34)38)30(41)36(23)16-15-35-12-2-1-5-24(35)37/h7-10,18-19,39H,1-6,11-17H2,(H,32,40). The van der Waals surface area contributed by atoms with Crippen molar-refractivity contribution in [3.8, 4) is 5.75 Å². The minimum absolute atomic E-state index is 0.0250. The highest BCUT2D eigenvalue weighted by molar-refractivity contribution is 6.01. The molecule has 0 spiro atoms. The van der Waals surface area contributed by atoms with Gasteiger partial charge in [0.05, 0.1) is 5.52 Å². The number of piperidine rings is 1. The van der Waals surface area contributed by atoms with Crippen LogP contribution in [0.4, 0.5) is 4.39 Å².